The van der Waals surface area contributed by atoms with E-state index in [1.54, 1.807) is 6.20 Å². The summed E-state index contributed by atoms with van der Waals surface area (Å²) in [5, 5.41) is 15.7. The number of nitriles is 1. The molecule has 0 saturated carbocycles. The minimum atomic E-state index is 0.665. The zero-order chi connectivity index (χ0) is 10.9. The van der Waals surface area contributed by atoms with E-state index in [9.17, 15) is 0 Å². The molecule has 1 rings (SSSR count). The Bertz CT molecular complexity index is 338. The lowest BCUT2D eigenvalue weighted by atomic mass is 10.4. The Morgan fingerprint density at radius 2 is 2.60 bits per heavy atom. The highest BCUT2D eigenvalue weighted by Crippen LogP contribution is 1.96. The average molecular weight is 223 g/mol. The Labute approximate surface area is 93.2 Å². The number of rotatable bonds is 4. The second-order valence-corrected chi connectivity index (χ2v) is 3.55. The smallest absolute Gasteiger partial charge is 0.183 e. The van der Waals surface area contributed by atoms with Gasteiger partial charge in [0.15, 0.2) is 11.4 Å². The van der Waals surface area contributed by atoms with Gasteiger partial charge < -0.3 is 0 Å². The standard InChI is InChI=1S/C9H13N5S/c1-15-9(12-8-10)11-4-2-6-14-7-3-5-13-14/h3,5,7H,2,4,6H2,1H3,(H,11,12). The molecule has 1 N–H and O–H groups in total. The van der Waals surface area contributed by atoms with Crippen molar-refractivity contribution in [3.05, 3.63) is 18.5 Å². The van der Waals surface area contributed by atoms with Gasteiger partial charge in [0, 0.05) is 25.5 Å². The summed E-state index contributed by atoms with van der Waals surface area (Å²) in [6.07, 6.45) is 8.34. The summed E-state index contributed by atoms with van der Waals surface area (Å²) >= 11 is 1.44. The number of aliphatic imine (C=N–C) groups is 1. The van der Waals surface area contributed by atoms with Gasteiger partial charge in [-0.2, -0.15) is 10.4 Å². The van der Waals surface area contributed by atoms with E-state index in [1.165, 1.54) is 11.8 Å². The minimum Gasteiger partial charge on any atom is -0.273 e. The van der Waals surface area contributed by atoms with Crippen LogP contribution in [0.5, 0.6) is 0 Å². The molecule has 0 atom stereocenters. The van der Waals surface area contributed by atoms with Gasteiger partial charge in [0.2, 0.25) is 0 Å². The van der Waals surface area contributed by atoms with E-state index >= 15 is 0 Å². The summed E-state index contributed by atoms with van der Waals surface area (Å²) in [6, 6.07) is 1.90. The Kier molecular flexibility index (Phi) is 5.33. The second-order valence-electron chi connectivity index (χ2n) is 2.75. The molecule has 1 heterocycles. The topological polar surface area (TPSA) is 66.0 Å². The third-order valence-electron chi connectivity index (χ3n) is 1.72. The molecule has 0 saturated heterocycles. The van der Waals surface area contributed by atoms with Crippen LogP contribution in [0.25, 0.3) is 0 Å². The van der Waals surface area contributed by atoms with Crippen molar-refractivity contribution in [2.75, 3.05) is 12.8 Å². The van der Waals surface area contributed by atoms with E-state index < -0.39 is 0 Å². The van der Waals surface area contributed by atoms with Crippen LogP contribution in [0.3, 0.4) is 0 Å². The number of hydrogen-bond donors (Lipinski definition) is 1. The van der Waals surface area contributed by atoms with Crippen LogP contribution in [-0.2, 0) is 6.54 Å². The maximum absolute atomic E-state index is 8.41. The molecule has 1 aromatic rings. The first-order chi connectivity index (χ1) is 7.36. The molecule has 80 valence electrons. The van der Waals surface area contributed by atoms with Crippen LogP contribution >= 0.6 is 11.8 Å². The predicted octanol–water partition coefficient (Wildman–Crippen LogP) is 1.06. The van der Waals surface area contributed by atoms with Crippen molar-refractivity contribution in [3.63, 3.8) is 0 Å². The van der Waals surface area contributed by atoms with Gasteiger partial charge in [-0.05, 0) is 18.7 Å². The molecule has 6 heteroatoms. The molecule has 0 aliphatic rings. The fourth-order valence-corrected chi connectivity index (χ4v) is 1.42. The van der Waals surface area contributed by atoms with E-state index in [-0.39, 0.29) is 0 Å². The van der Waals surface area contributed by atoms with E-state index in [4.69, 9.17) is 5.26 Å². The van der Waals surface area contributed by atoms with E-state index in [0.717, 1.165) is 13.0 Å². The lowest BCUT2D eigenvalue weighted by Crippen LogP contribution is -2.14. The van der Waals surface area contributed by atoms with E-state index in [2.05, 4.69) is 15.4 Å². The zero-order valence-corrected chi connectivity index (χ0v) is 9.37. The number of hydrogen-bond acceptors (Lipinski definition) is 4. The predicted molar refractivity (Wildman–Crippen MR) is 61.4 cm³/mol. The molecule has 0 bridgehead atoms. The first-order valence-electron chi connectivity index (χ1n) is 4.58. The summed E-state index contributed by atoms with van der Waals surface area (Å²) in [7, 11) is 0. The van der Waals surface area contributed by atoms with Crippen LogP contribution in [0, 0.1) is 11.5 Å². The quantitative estimate of drug-likeness (QED) is 0.272. The minimum absolute atomic E-state index is 0.665. The van der Waals surface area contributed by atoms with Crippen molar-refractivity contribution >= 4 is 16.9 Å². The fourth-order valence-electron chi connectivity index (χ4n) is 1.05. The summed E-state index contributed by atoms with van der Waals surface area (Å²) in [6.45, 7) is 1.55. The van der Waals surface area contributed by atoms with Crippen molar-refractivity contribution in [3.8, 4) is 6.19 Å². The Hall–Kier alpha value is -1.48. The highest BCUT2D eigenvalue weighted by molar-refractivity contribution is 8.13. The lowest BCUT2D eigenvalue weighted by molar-refractivity contribution is 0.585. The number of aromatic nitrogens is 2. The summed E-state index contributed by atoms with van der Waals surface area (Å²) in [4.78, 5) is 4.24. The van der Waals surface area contributed by atoms with Gasteiger partial charge >= 0.3 is 0 Å². The molecule has 0 unspecified atom stereocenters. The van der Waals surface area contributed by atoms with Crippen LogP contribution < -0.4 is 5.32 Å². The van der Waals surface area contributed by atoms with Crippen molar-refractivity contribution in [2.45, 2.75) is 13.0 Å². The Morgan fingerprint density at radius 1 is 1.73 bits per heavy atom. The summed E-state index contributed by atoms with van der Waals surface area (Å²) in [5.41, 5.74) is 0. The fraction of sp³-hybridized carbons (Fsp3) is 0.444. The Morgan fingerprint density at radius 3 is 3.20 bits per heavy atom. The van der Waals surface area contributed by atoms with Crippen molar-refractivity contribution in [1.29, 1.82) is 5.26 Å². The zero-order valence-electron chi connectivity index (χ0n) is 8.55. The number of nitrogens with zero attached hydrogens (tertiary/aromatic N) is 4. The maximum atomic E-state index is 8.41. The first kappa shape index (κ1) is 11.6. The van der Waals surface area contributed by atoms with Crippen LogP contribution in [0.4, 0.5) is 0 Å². The molecule has 0 radical (unpaired) electrons. The third kappa shape index (κ3) is 4.51. The molecule has 0 aliphatic heterocycles. The molecule has 0 fully saturated rings. The van der Waals surface area contributed by atoms with Gasteiger partial charge in [0.1, 0.15) is 0 Å². The number of aryl methyl sites for hydroxylation is 1. The van der Waals surface area contributed by atoms with E-state index in [1.807, 2.05) is 29.4 Å². The maximum Gasteiger partial charge on any atom is 0.183 e. The molecular formula is C9H13N5S. The van der Waals surface area contributed by atoms with Crippen LogP contribution in [0.15, 0.2) is 23.5 Å². The monoisotopic (exact) mass is 223 g/mol. The number of nitrogens with one attached hydrogen (secondary N) is 1. The Balaban J connectivity index is 2.23. The molecule has 0 aliphatic carbocycles. The highest BCUT2D eigenvalue weighted by Gasteiger charge is 1.94. The van der Waals surface area contributed by atoms with Crippen LogP contribution in [-0.4, -0.2) is 27.7 Å². The molecule has 0 spiro atoms. The van der Waals surface area contributed by atoms with Gasteiger partial charge in [-0.15, -0.1) is 0 Å². The van der Waals surface area contributed by atoms with Gasteiger partial charge in [0.05, 0.1) is 0 Å². The molecular weight excluding hydrogens is 210 g/mol. The van der Waals surface area contributed by atoms with Crippen molar-refractivity contribution < 1.29 is 0 Å². The van der Waals surface area contributed by atoms with Crippen molar-refractivity contribution in [1.82, 2.24) is 15.1 Å². The summed E-state index contributed by atoms with van der Waals surface area (Å²) in [5.74, 6) is 0. The second kappa shape index (κ2) is 6.90. The first-order valence-corrected chi connectivity index (χ1v) is 5.80. The largest absolute Gasteiger partial charge is 0.273 e. The average Bonchev–Trinajstić information content (AvgIpc) is 2.75. The summed E-state index contributed by atoms with van der Waals surface area (Å²) < 4.78 is 1.87. The molecule has 0 amide bonds. The SMILES string of the molecule is CSC(=NCCCn1cccn1)NC#N. The van der Waals surface area contributed by atoms with Gasteiger partial charge in [-0.1, -0.05) is 11.8 Å². The number of amidine groups is 1. The molecule has 15 heavy (non-hydrogen) atoms. The molecule has 0 aromatic carbocycles. The normalized spacial score (nSPS) is 11.1. The van der Waals surface area contributed by atoms with Crippen LogP contribution in [0.1, 0.15) is 6.42 Å². The molecule has 1 aromatic heterocycles. The van der Waals surface area contributed by atoms with Gasteiger partial charge in [0.25, 0.3) is 0 Å². The highest BCUT2D eigenvalue weighted by atomic mass is 32.2. The van der Waals surface area contributed by atoms with Gasteiger partial charge in [-0.25, -0.2) is 0 Å². The molecule has 5 nitrogen and oxygen atoms in total. The number of thioether (sulfide) groups is 1. The third-order valence-corrected chi connectivity index (χ3v) is 2.33. The van der Waals surface area contributed by atoms with Gasteiger partial charge in [-0.3, -0.25) is 15.0 Å². The lowest BCUT2D eigenvalue weighted by Gasteiger charge is -2.00. The van der Waals surface area contributed by atoms with Crippen molar-refractivity contribution in [2.24, 2.45) is 4.99 Å². The van der Waals surface area contributed by atoms with Crippen LogP contribution in [0.2, 0.25) is 0 Å². The van der Waals surface area contributed by atoms with E-state index in [0.29, 0.717) is 11.7 Å².